The standard InChI is InChI=1S/C20H16ClN3O2/c1-13(25)14-4-2-6-17(10-14)24-20(26)15-8-9-19(22-12-15)23-18-7-3-5-16(21)11-18/h2-12H,1H3,(H,22,23)(H,24,26). The molecule has 5 nitrogen and oxygen atoms in total. The van der Waals surface area contributed by atoms with E-state index in [1.54, 1.807) is 48.5 Å². The normalized spacial score (nSPS) is 10.2. The van der Waals surface area contributed by atoms with Crippen molar-refractivity contribution >= 4 is 40.5 Å². The van der Waals surface area contributed by atoms with E-state index in [1.807, 2.05) is 12.1 Å². The van der Waals surface area contributed by atoms with Gasteiger partial charge in [0, 0.05) is 28.2 Å². The predicted molar refractivity (Wildman–Crippen MR) is 103 cm³/mol. The zero-order chi connectivity index (χ0) is 18.5. The van der Waals surface area contributed by atoms with Gasteiger partial charge in [-0.25, -0.2) is 4.98 Å². The van der Waals surface area contributed by atoms with Crippen LogP contribution < -0.4 is 10.6 Å². The number of carbonyl (C=O) groups is 2. The summed E-state index contributed by atoms with van der Waals surface area (Å²) < 4.78 is 0. The van der Waals surface area contributed by atoms with Gasteiger partial charge < -0.3 is 10.6 Å². The summed E-state index contributed by atoms with van der Waals surface area (Å²) in [6.07, 6.45) is 1.48. The molecule has 0 aliphatic rings. The minimum Gasteiger partial charge on any atom is -0.340 e. The topological polar surface area (TPSA) is 71.1 Å². The average Bonchev–Trinajstić information content (AvgIpc) is 2.62. The molecule has 0 saturated carbocycles. The maximum atomic E-state index is 12.3. The van der Waals surface area contributed by atoms with Crippen LogP contribution in [-0.2, 0) is 0 Å². The average molecular weight is 366 g/mol. The van der Waals surface area contributed by atoms with Crippen molar-refractivity contribution in [1.82, 2.24) is 4.98 Å². The predicted octanol–water partition coefficient (Wildman–Crippen LogP) is 4.93. The highest BCUT2D eigenvalue weighted by Gasteiger charge is 2.08. The van der Waals surface area contributed by atoms with Gasteiger partial charge in [-0.1, -0.05) is 29.8 Å². The van der Waals surface area contributed by atoms with Crippen molar-refractivity contribution in [2.45, 2.75) is 6.92 Å². The highest BCUT2D eigenvalue weighted by Crippen LogP contribution is 2.19. The Morgan fingerprint density at radius 2 is 1.69 bits per heavy atom. The molecule has 2 N–H and O–H groups in total. The van der Waals surface area contributed by atoms with Crippen LogP contribution in [0.15, 0.2) is 66.9 Å². The van der Waals surface area contributed by atoms with Gasteiger partial charge in [0.2, 0.25) is 0 Å². The third kappa shape index (κ3) is 4.46. The van der Waals surface area contributed by atoms with Crippen LogP contribution in [0.1, 0.15) is 27.6 Å². The molecule has 0 aliphatic carbocycles. The Labute approximate surface area is 156 Å². The van der Waals surface area contributed by atoms with E-state index in [9.17, 15) is 9.59 Å². The Kier molecular flexibility index (Phi) is 5.29. The molecule has 3 aromatic rings. The molecular formula is C20H16ClN3O2. The van der Waals surface area contributed by atoms with Gasteiger partial charge in [-0.15, -0.1) is 0 Å². The number of amides is 1. The fraction of sp³-hybridized carbons (Fsp3) is 0.0500. The Morgan fingerprint density at radius 1 is 0.923 bits per heavy atom. The molecule has 130 valence electrons. The van der Waals surface area contributed by atoms with Crippen molar-refractivity contribution in [3.8, 4) is 0 Å². The lowest BCUT2D eigenvalue weighted by Crippen LogP contribution is -2.12. The van der Waals surface area contributed by atoms with Crippen LogP contribution >= 0.6 is 11.6 Å². The fourth-order valence-corrected chi connectivity index (χ4v) is 2.53. The second kappa shape index (κ2) is 7.80. The van der Waals surface area contributed by atoms with Crippen molar-refractivity contribution in [3.63, 3.8) is 0 Å². The van der Waals surface area contributed by atoms with Gasteiger partial charge in [-0.2, -0.15) is 0 Å². The smallest absolute Gasteiger partial charge is 0.257 e. The van der Waals surface area contributed by atoms with E-state index < -0.39 is 0 Å². The molecule has 0 fully saturated rings. The summed E-state index contributed by atoms with van der Waals surface area (Å²) in [6, 6.07) is 17.5. The van der Waals surface area contributed by atoms with E-state index >= 15 is 0 Å². The van der Waals surface area contributed by atoms with Gasteiger partial charge in [0.25, 0.3) is 5.91 Å². The van der Waals surface area contributed by atoms with Crippen LogP contribution in [0.4, 0.5) is 17.2 Å². The summed E-state index contributed by atoms with van der Waals surface area (Å²) in [7, 11) is 0. The molecule has 0 aliphatic heterocycles. The summed E-state index contributed by atoms with van der Waals surface area (Å²) in [5.74, 6) is 0.245. The quantitative estimate of drug-likeness (QED) is 0.628. The number of nitrogens with zero attached hydrogens (tertiary/aromatic N) is 1. The first-order chi connectivity index (χ1) is 12.5. The number of benzene rings is 2. The lowest BCUT2D eigenvalue weighted by molar-refractivity contribution is 0.101. The summed E-state index contributed by atoms with van der Waals surface area (Å²) in [5, 5.41) is 6.50. The van der Waals surface area contributed by atoms with Crippen molar-refractivity contribution in [1.29, 1.82) is 0 Å². The lowest BCUT2D eigenvalue weighted by atomic mass is 10.1. The van der Waals surface area contributed by atoms with E-state index in [0.717, 1.165) is 5.69 Å². The number of hydrogen-bond acceptors (Lipinski definition) is 4. The minimum atomic E-state index is -0.299. The van der Waals surface area contributed by atoms with Crippen molar-refractivity contribution in [2.75, 3.05) is 10.6 Å². The largest absolute Gasteiger partial charge is 0.340 e. The molecule has 6 heteroatoms. The van der Waals surface area contributed by atoms with Gasteiger partial charge in [-0.05, 0) is 49.4 Å². The van der Waals surface area contributed by atoms with E-state index in [-0.39, 0.29) is 11.7 Å². The zero-order valence-electron chi connectivity index (χ0n) is 14.0. The van der Waals surface area contributed by atoms with Crippen LogP contribution in [0.3, 0.4) is 0 Å². The van der Waals surface area contributed by atoms with Crippen molar-refractivity contribution in [3.05, 3.63) is 83.0 Å². The molecule has 0 unspecified atom stereocenters. The Bertz CT molecular complexity index is 955. The first kappa shape index (κ1) is 17.6. The number of carbonyl (C=O) groups excluding carboxylic acids is 2. The van der Waals surface area contributed by atoms with Crippen LogP contribution in [0.25, 0.3) is 0 Å². The number of anilines is 3. The third-order valence-corrected chi connectivity index (χ3v) is 3.88. The van der Waals surface area contributed by atoms with Gasteiger partial charge in [0.1, 0.15) is 5.82 Å². The van der Waals surface area contributed by atoms with Gasteiger partial charge in [-0.3, -0.25) is 9.59 Å². The molecule has 1 amide bonds. The number of hydrogen-bond donors (Lipinski definition) is 2. The SMILES string of the molecule is CC(=O)c1cccc(NC(=O)c2ccc(Nc3cccc(Cl)c3)nc2)c1. The van der Waals surface area contributed by atoms with Crippen LogP contribution in [0.2, 0.25) is 5.02 Å². The third-order valence-electron chi connectivity index (χ3n) is 3.65. The summed E-state index contributed by atoms with van der Waals surface area (Å²) in [6.45, 7) is 1.48. The minimum absolute atomic E-state index is 0.0563. The first-order valence-corrected chi connectivity index (χ1v) is 8.30. The summed E-state index contributed by atoms with van der Waals surface area (Å²) >= 11 is 5.95. The molecule has 0 bridgehead atoms. The second-order valence-electron chi connectivity index (χ2n) is 5.66. The number of ketones is 1. The Balaban J connectivity index is 1.69. The molecule has 26 heavy (non-hydrogen) atoms. The van der Waals surface area contributed by atoms with E-state index in [1.165, 1.54) is 13.1 Å². The maximum Gasteiger partial charge on any atom is 0.257 e. The van der Waals surface area contributed by atoms with Crippen LogP contribution in [-0.4, -0.2) is 16.7 Å². The van der Waals surface area contributed by atoms with Crippen molar-refractivity contribution in [2.24, 2.45) is 0 Å². The highest BCUT2D eigenvalue weighted by molar-refractivity contribution is 6.30. The molecule has 0 spiro atoms. The summed E-state index contributed by atoms with van der Waals surface area (Å²) in [4.78, 5) is 28.0. The first-order valence-electron chi connectivity index (χ1n) is 7.92. The van der Waals surface area contributed by atoms with E-state index in [0.29, 0.717) is 27.7 Å². The Hall–Kier alpha value is -3.18. The fourth-order valence-electron chi connectivity index (χ4n) is 2.34. The molecule has 0 atom stereocenters. The number of Topliss-reactive ketones (excluding diaryl/α,β-unsaturated/α-hetero) is 1. The molecule has 0 saturated heterocycles. The number of rotatable bonds is 5. The Morgan fingerprint density at radius 3 is 2.38 bits per heavy atom. The molecule has 1 aromatic heterocycles. The molecule has 3 rings (SSSR count). The van der Waals surface area contributed by atoms with Crippen LogP contribution in [0, 0.1) is 0 Å². The summed E-state index contributed by atoms with van der Waals surface area (Å²) in [5.41, 5.74) is 2.32. The van der Waals surface area contributed by atoms with Crippen molar-refractivity contribution < 1.29 is 9.59 Å². The van der Waals surface area contributed by atoms with Gasteiger partial charge in [0.05, 0.1) is 5.56 Å². The highest BCUT2D eigenvalue weighted by atomic mass is 35.5. The molecule has 0 radical (unpaired) electrons. The van der Waals surface area contributed by atoms with Crippen LogP contribution in [0.5, 0.6) is 0 Å². The number of aromatic nitrogens is 1. The van der Waals surface area contributed by atoms with Gasteiger partial charge in [0.15, 0.2) is 5.78 Å². The second-order valence-corrected chi connectivity index (χ2v) is 6.10. The zero-order valence-corrected chi connectivity index (χ0v) is 14.7. The lowest BCUT2D eigenvalue weighted by Gasteiger charge is -2.08. The maximum absolute atomic E-state index is 12.3. The molecule has 2 aromatic carbocycles. The van der Waals surface area contributed by atoms with E-state index in [2.05, 4.69) is 15.6 Å². The number of nitrogens with one attached hydrogen (secondary N) is 2. The molecular weight excluding hydrogens is 350 g/mol. The number of halogens is 1. The number of pyridine rings is 1. The molecule has 1 heterocycles. The van der Waals surface area contributed by atoms with Gasteiger partial charge >= 0.3 is 0 Å². The van der Waals surface area contributed by atoms with E-state index in [4.69, 9.17) is 11.6 Å². The monoisotopic (exact) mass is 365 g/mol.